The Bertz CT molecular complexity index is 1100. The van der Waals surface area contributed by atoms with Crippen LogP contribution in [0.25, 0.3) is 0 Å². The van der Waals surface area contributed by atoms with Crippen LogP contribution in [0.4, 0.5) is 10.6 Å². The molecule has 0 bridgehead atoms. The van der Waals surface area contributed by atoms with Crippen molar-refractivity contribution >= 4 is 21.7 Å². The van der Waals surface area contributed by atoms with Crippen molar-refractivity contribution in [2.75, 3.05) is 31.8 Å². The molecule has 1 N–H and O–H groups in total. The van der Waals surface area contributed by atoms with Crippen LogP contribution in [0.15, 0.2) is 71.8 Å². The van der Waals surface area contributed by atoms with Gasteiger partial charge in [0, 0.05) is 32.1 Å². The summed E-state index contributed by atoms with van der Waals surface area (Å²) in [5, 5.41) is 7.16. The molecule has 0 fully saturated rings. The van der Waals surface area contributed by atoms with Gasteiger partial charge in [0.25, 0.3) is 0 Å². The lowest BCUT2D eigenvalue weighted by Crippen LogP contribution is -2.33. The summed E-state index contributed by atoms with van der Waals surface area (Å²) in [4.78, 5) is 14.2. The number of amides is 2. The number of rotatable bonds is 9. The average Bonchev–Trinajstić information content (AvgIpc) is 3.18. The molecule has 1 heterocycles. The zero-order chi connectivity index (χ0) is 22.3. The molecule has 2 amide bonds. The van der Waals surface area contributed by atoms with Crippen LogP contribution in [0.3, 0.4) is 0 Å². The minimum Gasteiger partial charge on any atom is -0.494 e. The largest absolute Gasteiger partial charge is 0.494 e. The number of anilines is 1. The van der Waals surface area contributed by atoms with Crippen LogP contribution in [0.2, 0.25) is 0 Å². The number of carbonyl (C=O) groups is 1. The van der Waals surface area contributed by atoms with Gasteiger partial charge in [0.2, 0.25) is 0 Å². The van der Waals surface area contributed by atoms with Crippen molar-refractivity contribution in [1.82, 2.24) is 14.7 Å². The zero-order valence-corrected chi connectivity index (χ0v) is 18.4. The first-order valence-electron chi connectivity index (χ1n) is 9.84. The Hall–Kier alpha value is -3.33. The van der Waals surface area contributed by atoms with E-state index < -0.39 is 9.84 Å². The SMILES string of the molecule is CN(CCCOc1ccc(S(C)(=O)=O)cc1)C(=O)Nc1ccn(Cc2ccccc2)n1. The molecule has 0 aliphatic heterocycles. The summed E-state index contributed by atoms with van der Waals surface area (Å²) in [6.45, 7) is 1.54. The van der Waals surface area contributed by atoms with E-state index in [4.69, 9.17) is 4.74 Å². The van der Waals surface area contributed by atoms with Crippen molar-refractivity contribution in [3.63, 3.8) is 0 Å². The number of aromatic nitrogens is 2. The molecule has 2 aromatic carbocycles. The van der Waals surface area contributed by atoms with E-state index >= 15 is 0 Å². The summed E-state index contributed by atoms with van der Waals surface area (Å²) in [6, 6.07) is 17.8. The lowest BCUT2D eigenvalue weighted by Gasteiger charge is -2.17. The fourth-order valence-corrected chi connectivity index (χ4v) is 3.50. The number of hydrogen-bond donors (Lipinski definition) is 1. The molecule has 0 spiro atoms. The van der Waals surface area contributed by atoms with Crippen molar-refractivity contribution in [2.45, 2.75) is 17.9 Å². The standard InChI is InChI=1S/C22H26N4O4S/c1-25(14-6-16-30-19-9-11-20(12-10-19)31(2,28)29)22(27)23-21-13-15-26(24-21)17-18-7-4-3-5-8-18/h3-5,7-13,15H,6,14,16-17H2,1-2H3,(H,23,24,27). The highest BCUT2D eigenvalue weighted by Gasteiger charge is 2.11. The molecule has 0 radical (unpaired) electrons. The summed E-state index contributed by atoms with van der Waals surface area (Å²) in [5.41, 5.74) is 1.13. The van der Waals surface area contributed by atoms with Gasteiger partial charge in [-0.15, -0.1) is 0 Å². The first kappa shape index (κ1) is 22.4. The van der Waals surface area contributed by atoms with Crippen LogP contribution < -0.4 is 10.1 Å². The number of benzene rings is 2. The normalized spacial score (nSPS) is 11.2. The summed E-state index contributed by atoms with van der Waals surface area (Å²) in [6.07, 6.45) is 3.61. The predicted octanol–water partition coefficient (Wildman–Crippen LogP) is 3.27. The molecule has 9 heteroatoms. The van der Waals surface area contributed by atoms with E-state index in [1.165, 1.54) is 12.1 Å². The third-order valence-corrected chi connectivity index (χ3v) is 5.70. The molecule has 0 aliphatic rings. The number of nitrogens with one attached hydrogen (secondary N) is 1. The Kier molecular flexibility index (Phi) is 7.30. The number of hydrogen-bond acceptors (Lipinski definition) is 5. The number of ether oxygens (including phenoxy) is 1. The van der Waals surface area contributed by atoms with Crippen LogP contribution in [0, 0.1) is 0 Å². The molecule has 0 unspecified atom stereocenters. The van der Waals surface area contributed by atoms with Gasteiger partial charge in [0.05, 0.1) is 18.0 Å². The van der Waals surface area contributed by atoms with Crippen molar-refractivity contribution in [3.05, 3.63) is 72.4 Å². The molecule has 1 aromatic heterocycles. The minimum atomic E-state index is -3.22. The lowest BCUT2D eigenvalue weighted by molar-refractivity contribution is 0.216. The highest BCUT2D eigenvalue weighted by molar-refractivity contribution is 7.90. The number of urea groups is 1. The zero-order valence-electron chi connectivity index (χ0n) is 17.6. The first-order chi connectivity index (χ1) is 14.8. The van der Waals surface area contributed by atoms with E-state index in [9.17, 15) is 13.2 Å². The molecule has 0 aliphatic carbocycles. The van der Waals surface area contributed by atoms with Crippen LogP contribution in [0.5, 0.6) is 5.75 Å². The van der Waals surface area contributed by atoms with E-state index in [1.54, 1.807) is 34.8 Å². The van der Waals surface area contributed by atoms with E-state index in [1.807, 2.05) is 36.5 Å². The molecule has 3 aromatic rings. The van der Waals surface area contributed by atoms with Gasteiger partial charge >= 0.3 is 6.03 Å². The van der Waals surface area contributed by atoms with Gasteiger partial charge in [-0.2, -0.15) is 5.10 Å². The fraction of sp³-hybridized carbons (Fsp3) is 0.273. The van der Waals surface area contributed by atoms with Crippen LogP contribution in [-0.2, 0) is 16.4 Å². The highest BCUT2D eigenvalue weighted by atomic mass is 32.2. The van der Waals surface area contributed by atoms with Crippen molar-refractivity contribution in [2.24, 2.45) is 0 Å². The second kappa shape index (κ2) is 10.1. The monoisotopic (exact) mass is 442 g/mol. The average molecular weight is 443 g/mol. The van der Waals surface area contributed by atoms with E-state index in [2.05, 4.69) is 10.4 Å². The van der Waals surface area contributed by atoms with Crippen molar-refractivity contribution in [1.29, 1.82) is 0 Å². The summed E-state index contributed by atoms with van der Waals surface area (Å²) >= 11 is 0. The quantitative estimate of drug-likeness (QED) is 0.514. The van der Waals surface area contributed by atoms with Gasteiger partial charge < -0.3 is 9.64 Å². The van der Waals surface area contributed by atoms with E-state index in [0.29, 0.717) is 37.7 Å². The molecule has 31 heavy (non-hydrogen) atoms. The molecular formula is C22H26N4O4S. The summed E-state index contributed by atoms with van der Waals surface area (Å²) in [5.74, 6) is 1.08. The third kappa shape index (κ3) is 6.85. The Balaban J connectivity index is 1.40. The van der Waals surface area contributed by atoms with Gasteiger partial charge in [0.1, 0.15) is 5.75 Å². The van der Waals surface area contributed by atoms with Crippen molar-refractivity contribution < 1.29 is 17.9 Å². The van der Waals surface area contributed by atoms with Gasteiger partial charge in [-0.3, -0.25) is 10.00 Å². The smallest absolute Gasteiger partial charge is 0.322 e. The summed E-state index contributed by atoms with van der Waals surface area (Å²) in [7, 11) is -1.51. The Labute approximate surface area is 182 Å². The van der Waals surface area contributed by atoms with E-state index in [0.717, 1.165) is 11.8 Å². The molecule has 3 rings (SSSR count). The minimum absolute atomic E-state index is 0.248. The number of sulfone groups is 1. The second-order valence-corrected chi connectivity index (χ2v) is 9.20. The van der Waals surface area contributed by atoms with Gasteiger partial charge in [0.15, 0.2) is 15.7 Å². The van der Waals surface area contributed by atoms with Gasteiger partial charge in [-0.1, -0.05) is 30.3 Å². The Morgan fingerprint density at radius 2 is 1.81 bits per heavy atom. The maximum absolute atomic E-state index is 12.3. The Morgan fingerprint density at radius 3 is 2.48 bits per heavy atom. The molecular weight excluding hydrogens is 416 g/mol. The molecule has 8 nitrogen and oxygen atoms in total. The third-order valence-electron chi connectivity index (χ3n) is 4.57. The Morgan fingerprint density at radius 1 is 1.10 bits per heavy atom. The topological polar surface area (TPSA) is 93.5 Å². The van der Waals surface area contributed by atoms with Crippen LogP contribution in [-0.4, -0.2) is 55.6 Å². The molecule has 0 saturated heterocycles. The maximum Gasteiger partial charge on any atom is 0.322 e. The molecule has 0 saturated carbocycles. The maximum atomic E-state index is 12.3. The van der Waals surface area contributed by atoms with Gasteiger partial charge in [-0.05, 0) is 36.2 Å². The van der Waals surface area contributed by atoms with Gasteiger partial charge in [-0.25, -0.2) is 13.2 Å². The second-order valence-electron chi connectivity index (χ2n) is 7.18. The van der Waals surface area contributed by atoms with E-state index in [-0.39, 0.29) is 10.9 Å². The lowest BCUT2D eigenvalue weighted by atomic mass is 10.2. The van der Waals surface area contributed by atoms with Crippen molar-refractivity contribution in [3.8, 4) is 5.75 Å². The predicted molar refractivity (Wildman–Crippen MR) is 119 cm³/mol. The fourth-order valence-electron chi connectivity index (χ4n) is 2.87. The first-order valence-corrected chi connectivity index (χ1v) is 11.7. The highest BCUT2D eigenvalue weighted by Crippen LogP contribution is 2.16. The van der Waals surface area contributed by atoms with Crippen LogP contribution >= 0.6 is 0 Å². The van der Waals surface area contributed by atoms with Crippen LogP contribution in [0.1, 0.15) is 12.0 Å². The number of nitrogens with zero attached hydrogens (tertiary/aromatic N) is 3. The summed E-state index contributed by atoms with van der Waals surface area (Å²) < 4.78 is 30.3. The molecule has 164 valence electrons. The number of carbonyl (C=O) groups excluding carboxylic acids is 1. The molecule has 0 atom stereocenters.